The normalized spacial score (nSPS) is 13.6. The molecule has 98 valence electrons. The highest BCUT2D eigenvalue weighted by Gasteiger charge is 2.20. The summed E-state index contributed by atoms with van der Waals surface area (Å²) in [7, 11) is 0. The summed E-state index contributed by atoms with van der Waals surface area (Å²) in [5.74, 6) is 0.105. The number of fused-ring (bicyclic) bond motifs is 2. The first-order valence-electron chi connectivity index (χ1n) is 6.83. The lowest BCUT2D eigenvalue weighted by Crippen LogP contribution is -2.00. The van der Waals surface area contributed by atoms with Gasteiger partial charge < -0.3 is 0 Å². The van der Waals surface area contributed by atoms with Crippen LogP contribution in [0.5, 0.6) is 0 Å². The molecule has 0 radical (unpaired) electrons. The molecule has 0 spiro atoms. The van der Waals surface area contributed by atoms with Crippen LogP contribution in [0.15, 0.2) is 42.6 Å². The first-order valence-corrected chi connectivity index (χ1v) is 7.64. The first-order chi connectivity index (χ1) is 9.83. The van der Waals surface area contributed by atoms with Crippen LogP contribution in [-0.2, 0) is 12.8 Å². The van der Waals surface area contributed by atoms with E-state index in [4.69, 9.17) is 0 Å². The maximum Gasteiger partial charge on any atom is 0.205 e. The minimum Gasteiger partial charge on any atom is -0.288 e. The van der Waals surface area contributed by atoms with Crippen molar-refractivity contribution >= 4 is 28.0 Å². The van der Waals surface area contributed by atoms with E-state index in [0.29, 0.717) is 5.56 Å². The van der Waals surface area contributed by atoms with Crippen molar-refractivity contribution in [2.75, 3.05) is 0 Å². The van der Waals surface area contributed by atoms with Crippen LogP contribution >= 0.6 is 11.3 Å². The van der Waals surface area contributed by atoms with E-state index in [0.717, 1.165) is 28.6 Å². The molecule has 1 aliphatic carbocycles. The van der Waals surface area contributed by atoms with E-state index in [9.17, 15) is 4.79 Å². The predicted octanol–water partition coefficient (Wildman–Crippen LogP) is 4.02. The Labute approximate surface area is 121 Å². The van der Waals surface area contributed by atoms with Gasteiger partial charge in [-0.3, -0.25) is 9.78 Å². The zero-order chi connectivity index (χ0) is 13.5. The maximum atomic E-state index is 12.7. The fraction of sp³-hybridized carbons (Fsp3) is 0.176. The highest BCUT2D eigenvalue weighted by Crippen LogP contribution is 2.32. The van der Waals surface area contributed by atoms with E-state index in [-0.39, 0.29) is 5.78 Å². The minimum absolute atomic E-state index is 0.105. The van der Waals surface area contributed by atoms with Crippen LogP contribution in [0.25, 0.3) is 10.9 Å². The molecule has 2 aromatic heterocycles. The van der Waals surface area contributed by atoms with Gasteiger partial charge in [0.2, 0.25) is 5.78 Å². The van der Waals surface area contributed by atoms with E-state index in [1.165, 1.54) is 16.9 Å². The van der Waals surface area contributed by atoms with E-state index in [2.05, 4.69) is 11.1 Å². The summed E-state index contributed by atoms with van der Waals surface area (Å²) >= 11 is 1.66. The molecule has 2 heterocycles. The molecule has 0 saturated carbocycles. The number of benzene rings is 1. The maximum absolute atomic E-state index is 12.7. The molecule has 0 amide bonds. The standard InChI is InChI=1S/C17H13NOS/c19-17(15-10-12-5-2-8-14(12)20-15)13-7-1-4-11-6-3-9-18-16(11)13/h1,3-4,6-7,9-10H,2,5,8H2. The van der Waals surface area contributed by atoms with Crippen LogP contribution in [0.3, 0.4) is 0 Å². The number of rotatable bonds is 2. The van der Waals surface area contributed by atoms with Gasteiger partial charge >= 0.3 is 0 Å². The Balaban J connectivity index is 1.84. The van der Waals surface area contributed by atoms with Crippen LogP contribution in [0.1, 0.15) is 32.1 Å². The molecule has 2 nitrogen and oxygen atoms in total. The largest absolute Gasteiger partial charge is 0.288 e. The van der Waals surface area contributed by atoms with Crippen LogP contribution in [-0.4, -0.2) is 10.8 Å². The molecule has 1 aromatic carbocycles. The van der Waals surface area contributed by atoms with E-state index < -0.39 is 0 Å². The van der Waals surface area contributed by atoms with Crippen LogP contribution in [0.4, 0.5) is 0 Å². The van der Waals surface area contributed by atoms with Crippen LogP contribution in [0, 0.1) is 0 Å². The summed E-state index contributed by atoms with van der Waals surface area (Å²) in [6, 6.07) is 11.8. The topological polar surface area (TPSA) is 30.0 Å². The summed E-state index contributed by atoms with van der Waals surface area (Å²) in [6.07, 6.45) is 5.22. The molecule has 0 N–H and O–H groups in total. The molecule has 4 rings (SSSR count). The molecule has 20 heavy (non-hydrogen) atoms. The van der Waals surface area contributed by atoms with Gasteiger partial charge in [-0.15, -0.1) is 11.3 Å². The fourth-order valence-electron chi connectivity index (χ4n) is 2.86. The number of hydrogen-bond donors (Lipinski definition) is 0. The van der Waals surface area contributed by atoms with Crippen molar-refractivity contribution in [3.63, 3.8) is 0 Å². The van der Waals surface area contributed by atoms with Crippen LogP contribution < -0.4 is 0 Å². The molecular formula is C17H13NOS. The number of hydrogen-bond acceptors (Lipinski definition) is 3. The zero-order valence-corrected chi connectivity index (χ0v) is 11.7. The predicted molar refractivity (Wildman–Crippen MR) is 81.5 cm³/mol. The molecule has 1 aliphatic rings. The van der Waals surface area contributed by atoms with Gasteiger partial charge in [-0.05, 0) is 43.0 Å². The minimum atomic E-state index is 0.105. The lowest BCUT2D eigenvalue weighted by molar-refractivity contribution is 0.104. The number of thiophene rings is 1. The Kier molecular flexibility index (Phi) is 2.67. The fourth-order valence-corrected chi connectivity index (χ4v) is 4.07. The number of aryl methyl sites for hydroxylation is 2. The second-order valence-corrected chi connectivity index (χ2v) is 6.26. The number of carbonyl (C=O) groups excluding carboxylic acids is 1. The third-order valence-electron chi connectivity index (χ3n) is 3.85. The number of aromatic nitrogens is 1. The monoisotopic (exact) mass is 279 g/mol. The molecular weight excluding hydrogens is 266 g/mol. The van der Waals surface area contributed by atoms with E-state index >= 15 is 0 Å². The number of ketones is 1. The van der Waals surface area contributed by atoms with Gasteiger partial charge in [0.25, 0.3) is 0 Å². The summed E-state index contributed by atoms with van der Waals surface area (Å²) < 4.78 is 0. The van der Waals surface area contributed by atoms with Gasteiger partial charge in [-0.1, -0.05) is 18.2 Å². The average molecular weight is 279 g/mol. The molecule has 3 heteroatoms. The van der Waals surface area contributed by atoms with Gasteiger partial charge in [0.15, 0.2) is 0 Å². The lowest BCUT2D eigenvalue weighted by Gasteiger charge is -2.03. The number of carbonyl (C=O) groups is 1. The Hall–Kier alpha value is -2.00. The summed E-state index contributed by atoms with van der Waals surface area (Å²) in [5.41, 5.74) is 2.88. The smallest absolute Gasteiger partial charge is 0.205 e. The quantitative estimate of drug-likeness (QED) is 0.663. The second kappa shape index (κ2) is 4.53. The molecule has 0 fully saturated rings. The van der Waals surface area contributed by atoms with Gasteiger partial charge in [0.1, 0.15) is 0 Å². The Bertz CT molecular complexity index is 792. The zero-order valence-electron chi connectivity index (χ0n) is 10.9. The van der Waals surface area contributed by atoms with E-state index in [1.807, 2.05) is 30.3 Å². The van der Waals surface area contributed by atoms with Crippen molar-refractivity contribution in [1.29, 1.82) is 0 Å². The van der Waals surface area contributed by atoms with Gasteiger partial charge in [-0.25, -0.2) is 0 Å². The van der Waals surface area contributed by atoms with Crippen molar-refractivity contribution in [2.24, 2.45) is 0 Å². The third-order valence-corrected chi connectivity index (χ3v) is 5.08. The summed E-state index contributed by atoms with van der Waals surface area (Å²) in [6.45, 7) is 0. The number of pyridine rings is 1. The summed E-state index contributed by atoms with van der Waals surface area (Å²) in [5, 5.41) is 1.02. The molecule has 0 bridgehead atoms. The molecule has 0 aliphatic heterocycles. The van der Waals surface area contributed by atoms with Crippen molar-refractivity contribution in [3.05, 3.63) is 63.5 Å². The van der Waals surface area contributed by atoms with Crippen molar-refractivity contribution in [1.82, 2.24) is 4.98 Å². The highest BCUT2D eigenvalue weighted by molar-refractivity contribution is 7.14. The summed E-state index contributed by atoms with van der Waals surface area (Å²) in [4.78, 5) is 19.4. The second-order valence-electron chi connectivity index (χ2n) is 5.12. The lowest BCUT2D eigenvalue weighted by atomic mass is 10.0. The van der Waals surface area contributed by atoms with Gasteiger partial charge in [-0.2, -0.15) is 0 Å². The SMILES string of the molecule is O=C(c1cc2c(s1)CCC2)c1cccc2cccnc12. The number of para-hydroxylation sites is 1. The Morgan fingerprint density at radius 1 is 1.15 bits per heavy atom. The molecule has 0 atom stereocenters. The highest BCUT2D eigenvalue weighted by atomic mass is 32.1. The van der Waals surface area contributed by atoms with Crippen molar-refractivity contribution < 1.29 is 4.79 Å². The molecule has 0 saturated heterocycles. The molecule has 3 aromatic rings. The van der Waals surface area contributed by atoms with Crippen molar-refractivity contribution in [2.45, 2.75) is 19.3 Å². The van der Waals surface area contributed by atoms with Gasteiger partial charge in [0.05, 0.1) is 10.4 Å². The number of nitrogens with zero attached hydrogens (tertiary/aromatic N) is 1. The Morgan fingerprint density at radius 3 is 2.95 bits per heavy atom. The van der Waals surface area contributed by atoms with E-state index in [1.54, 1.807) is 17.5 Å². The average Bonchev–Trinajstić information content (AvgIpc) is 3.07. The van der Waals surface area contributed by atoms with Gasteiger partial charge in [0, 0.05) is 22.0 Å². The van der Waals surface area contributed by atoms with Crippen molar-refractivity contribution in [3.8, 4) is 0 Å². The molecule has 0 unspecified atom stereocenters. The Morgan fingerprint density at radius 2 is 2.05 bits per heavy atom. The first kappa shape index (κ1) is 11.8. The van der Waals surface area contributed by atoms with Crippen LogP contribution in [0.2, 0.25) is 0 Å². The third kappa shape index (κ3) is 1.78.